The highest BCUT2D eigenvalue weighted by atomic mass is 19.4. The number of hydrogen-bond acceptors (Lipinski definition) is 4. The van der Waals surface area contributed by atoms with Gasteiger partial charge in [0.05, 0.1) is 11.3 Å². The second-order valence-corrected chi connectivity index (χ2v) is 6.23. The fraction of sp³-hybridized carbons (Fsp3) is 0.190. The first-order valence-corrected chi connectivity index (χ1v) is 8.80. The first kappa shape index (κ1) is 22.7. The van der Waals surface area contributed by atoms with Crippen molar-refractivity contribution in [2.75, 3.05) is 5.32 Å². The largest absolute Gasteiger partial charge is 0.448 e. The van der Waals surface area contributed by atoms with Crippen LogP contribution < -0.4 is 10.6 Å². The molecular formula is C21H19F3N2O4. The Morgan fingerprint density at radius 3 is 2.20 bits per heavy atom. The maximum absolute atomic E-state index is 13.1. The molecule has 2 amide bonds. The fourth-order valence-electron chi connectivity index (χ4n) is 2.40. The highest BCUT2D eigenvalue weighted by Gasteiger charge is 2.34. The third-order valence-corrected chi connectivity index (χ3v) is 3.78. The monoisotopic (exact) mass is 420 g/mol. The van der Waals surface area contributed by atoms with Crippen molar-refractivity contribution in [3.8, 4) is 0 Å². The van der Waals surface area contributed by atoms with Crippen LogP contribution in [-0.4, -0.2) is 23.9 Å². The van der Waals surface area contributed by atoms with Crippen molar-refractivity contribution in [3.05, 3.63) is 71.4 Å². The summed E-state index contributed by atoms with van der Waals surface area (Å²) in [5.41, 5.74) is -1.11. The Balaban J connectivity index is 2.14. The number of carbonyl (C=O) groups is 3. The molecule has 1 atom stereocenters. The Bertz CT molecular complexity index is 956. The van der Waals surface area contributed by atoms with Crippen LogP contribution in [0.4, 0.5) is 18.9 Å². The zero-order chi connectivity index (χ0) is 22.3. The zero-order valence-electron chi connectivity index (χ0n) is 16.1. The molecule has 0 spiro atoms. The number of para-hydroxylation sites is 1. The molecular weight excluding hydrogens is 401 g/mol. The van der Waals surface area contributed by atoms with E-state index in [1.165, 1.54) is 32.1 Å². The van der Waals surface area contributed by atoms with E-state index in [0.717, 1.165) is 12.1 Å². The summed E-state index contributed by atoms with van der Waals surface area (Å²) < 4.78 is 44.2. The number of rotatable bonds is 6. The lowest BCUT2D eigenvalue weighted by atomic mass is 10.1. The van der Waals surface area contributed by atoms with E-state index >= 15 is 0 Å². The van der Waals surface area contributed by atoms with Crippen molar-refractivity contribution in [2.24, 2.45) is 0 Å². The second-order valence-electron chi connectivity index (χ2n) is 6.23. The van der Waals surface area contributed by atoms with E-state index in [1.807, 2.05) is 0 Å². The van der Waals surface area contributed by atoms with Crippen LogP contribution in [0.5, 0.6) is 0 Å². The molecule has 2 aromatic rings. The third kappa shape index (κ3) is 6.47. The Kier molecular flexibility index (Phi) is 7.35. The number of nitrogens with one attached hydrogen (secondary N) is 2. The molecule has 158 valence electrons. The van der Waals surface area contributed by atoms with Gasteiger partial charge in [-0.15, -0.1) is 0 Å². The predicted octanol–water partition coefficient (Wildman–Crippen LogP) is 3.75. The maximum atomic E-state index is 13.1. The first-order valence-electron chi connectivity index (χ1n) is 8.80. The van der Waals surface area contributed by atoms with Crippen LogP contribution in [0.3, 0.4) is 0 Å². The number of esters is 1. The van der Waals surface area contributed by atoms with Gasteiger partial charge in [0, 0.05) is 6.92 Å². The minimum Gasteiger partial charge on any atom is -0.448 e. The van der Waals surface area contributed by atoms with Crippen LogP contribution in [0.15, 0.2) is 60.3 Å². The van der Waals surface area contributed by atoms with Crippen LogP contribution in [0.2, 0.25) is 0 Å². The smallest absolute Gasteiger partial charge is 0.418 e. The van der Waals surface area contributed by atoms with Gasteiger partial charge in [0.1, 0.15) is 5.70 Å². The fourth-order valence-corrected chi connectivity index (χ4v) is 2.40. The molecule has 0 bridgehead atoms. The predicted molar refractivity (Wildman–Crippen MR) is 104 cm³/mol. The van der Waals surface area contributed by atoms with Crippen molar-refractivity contribution in [2.45, 2.75) is 26.1 Å². The van der Waals surface area contributed by atoms with E-state index < -0.39 is 41.3 Å². The molecule has 9 heteroatoms. The van der Waals surface area contributed by atoms with Crippen molar-refractivity contribution in [1.29, 1.82) is 0 Å². The summed E-state index contributed by atoms with van der Waals surface area (Å²) in [4.78, 5) is 36.1. The lowest BCUT2D eigenvalue weighted by Gasteiger charge is -2.17. The van der Waals surface area contributed by atoms with Crippen LogP contribution in [0.1, 0.15) is 25.0 Å². The number of hydrogen-bond donors (Lipinski definition) is 2. The van der Waals surface area contributed by atoms with Crippen molar-refractivity contribution in [3.63, 3.8) is 0 Å². The molecule has 0 saturated heterocycles. The molecule has 2 rings (SSSR count). The molecule has 0 saturated carbocycles. The van der Waals surface area contributed by atoms with Gasteiger partial charge in [-0.05, 0) is 30.7 Å². The molecule has 0 radical (unpaired) electrons. The van der Waals surface area contributed by atoms with E-state index in [1.54, 1.807) is 30.3 Å². The Labute approximate surface area is 170 Å². The minimum absolute atomic E-state index is 0.218. The Morgan fingerprint density at radius 2 is 1.60 bits per heavy atom. The average molecular weight is 420 g/mol. The van der Waals surface area contributed by atoms with Crippen molar-refractivity contribution >= 4 is 29.5 Å². The SMILES string of the molecule is CC(=O)N/C(=C\c1ccccc1)C(=O)OC(C)C(=O)Nc1ccccc1C(F)(F)F. The summed E-state index contributed by atoms with van der Waals surface area (Å²) in [6.45, 7) is 2.40. The number of ether oxygens (including phenoxy) is 1. The van der Waals surface area contributed by atoms with Crippen molar-refractivity contribution in [1.82, 2.24) is 5.32 Å². The number of halogens is 3. The van der Waals surface area contributed by atoms with Crippen molar-refractivity contribution < 1.29 is 32.3 Å². The molecule has 0 heterocycles. The van der Waals surface area contributed by atoms with E-state index in [-0.39, 0.29) is 5.70 Å². The summed E-state index contributed by atoms with van der Waals surface area (Å²) in [5, 5.41) is 4.43. The molecule has 1 unspecified atom stereocenters. The molecule has 6 nitrogen and oxygen atoms in total. The molecule has 0 fully saturated rings. The van der Waals surface area contributed by atoms with Gasteiger partial charge in [-0.3, -0.25) is 9.59 Å². The molecule has 0 aliphatic carbocycles. The van der Waals surface area contributed by atoms with E-state index in [0.29, 0.717) is 5.56 Å². The molecule has 2 aromatic carbocycles. The first-order chi connectivity index (χ1) is 14.1. The van der Waals surface area contributed by atoms with Gasteiger partial charge in [0.15, 0.2) is 6.10 Å². The van der Waals surface area contributed by atoms with Gasteiger partial charge in [-0.25, -0.2) is 4.79 Å². The van der Waals surface area contributed by atoms with Crippen LogP contribution in [0, 0.1) is 0 Å². The van der Waals surface area contributed by atoms with Gasteiger partial charge in [-0.2, -0.15) is 13.2 Å². The number of benzene rings is 2. The maximum Gasteiger partial charge on any atom is 0.418 e. The summed E-state index contributed by atoms with van der Waals surface area (Å²) in [7, 11) is 0. The summed E-state index contributed by atoms with van der Waals surface area (Å²) >= 11 is 0. The molecule has 2 N–H and O–H groups in total. The lowest BCUT2D eigenvalue weighted by molar-refractivity contribution is -0.150. The zero-order valence-corrected chi connectivity index (χ0v) is 16.1. The summed E-state index contributed by atoms with van der Waals surface area (Å²) in [6, 6.07) is 13.0. The highest BCUT2D eigenvalue weighted by molar-refractivity contribution is 6.00. The Hall–Kier alpha value is -3.62. The lowest BCUT2D eigenvalue weighted by Crippen LogP contribution is -2.34. The topological polar surface area (TPSA) is 84.5 Å². The standard InChI is InChI=1S/C21H19F3N2O4/c1-13(19(28)26-17-11-7-6-10-16(17)21(22,23)24)30-20(29)18(25-14(2)27)12-15-8-4-3-5-9-15/h3-13H,1-2H3,(H,25,27)(H,26,28)/b18-12-. The average Bonchev–Trinajstić information content (AvgIpc) is 2.67. The third-order valence-electron chi connectivity index (χ3n) is 3.78. The van der Waals surface area contributed by atoms with Crippen LogP contribution >= 0.6 is 0 Å². The van der Waals surface area contributed by atoms with Gasteiger partial charge < -0.3 is 15.4 Å². The van der Waals surface area contributed by atoms with Gasteiger partial charge in [0.2, 0.25) is 5.91 Å². The van der Waals surface area contributed by atoms with E-state index in [4.69, 9.17) is 4.74 Å². The normalized spacial score (nSPS) is 12.6. The number of amides is 2. The number of alkyl halides is 3. The molecule has 0 aliphatic heterocycles. The molecule has 30 heavy (non-hydrogen) atoms. The molecule has 0 aromatic heterocycles. The minimum atomic E-state index is -4.67. The van der Waals surface area contributed by atoms with Gasteiger partial charge in [-0.1, -0.05) is 42.5 Å². The van der Waals surface area contributed by atoms with Gasteiger partial charge in [0.25, 0.3) is 5.91 Å². The number of carbonyl (C=O) groups excluding carboxylic acids is 3. The van der Waals surface area contributed by atoms with Crippen LogP contribution in [-0.2, 0) is 25.3 Å². The second kappa shape index (κ2) is 9.73. The number of anilines is 1. The molecule has 0 aliphatic rings. The summed E-state index contributed by atoms with van der Waals surface area (Å²) in [6.07, 6.45) is -4.74. The highest BCUT2D eigenvalue weighted by Crippen LogP contribution is 2.34. The quantitative estimate of drug-likeness (QED) is 0.551. The van der Waals surface area contributed by atoms with Crippen LogP contribution in [0.25, 0.3) is 6.08 Å². The summed E-state index contributed by atoms with van der Waals surface area (Å²) in [5.74, 6) is -2.51. The van der Waals surface area contributed by atoms with E-state index in [2.05, 4.69) is 10.6 Å². The van der Waals surface area contributed by atoms with Gasteiger partial charge >= 0.3 is 12.1 Å². The Morgan fingerprint density at radius 1 is 1.00 bits per heavy atom. The van der Waals surface area contributed by atoms with E-state index in [9.17, 15) is 27.6 Å².